The molecule has 4 atom stereocenters. The molecule has 9 nitrogen and oxygen atoms in total. The van der Waals surface area contributed by atoms with Crippen molar-refractivity contribution < 1.29 is 33.6 Å². The van der Waals surface area contributed by atoms with Gasteiger partial charge in [-0.15, -0.1) is 0 Å². The van der Waals surface area contributed by atoms with Crippen molar-refractivity contribution in [2.24, 2.45) is 11.8 Å². The van der Waals surface area contributed by atoms with Crippen LogP contribution in [-0.2, 0) is 16.1 Å². The summed E-state index contributed by atoms with van der Waals surface area (Å²) in [5, 5.41) is 23.3. The third-order valence-electron chi connectivity index (χ3n) is 7.66. The molecule has 9 heteroatoms. The van der Waals surface area contributed by atoms with Gasteiger partial charge in [-0.25, -0.2) is 0 Å². The van der Waals surface area contributed by atoms with Gasteiger partial charge in [-0.1, -0.05) is 12.1 Å². The Hall–Kier alpha value is -4.42. The van der Waals surface area contributed by atoms with Crippen LogP contribution in [0.25, 0.3) is 0 Å². The number of carbonyl (C=O) groups is 1. The predicted octanol–water partition coefficient (Wildman–Crippen LogP) is 3.78. The summed E-state index contributed by atoms with van der Waals surface area (Å²) < 4.78 is 27.9. The predicted molar refractivity (Wildman–Crippen MR) is 134 cm³/mol. The lowest BCUT2D eigenvalue weighted by atomic mass is 9.65. The van der Waals surface area contributed by atoms with Crippen LogP contribution in [-0.4, -0.2) is 38.7 Å². The van der Waals surface area contributed by atoms with Gasteiger partial charge in [-0.2, -0.15) is 5.26 Å². The summed E-state index contributed by atoms with van der Waals surface area (Å²) in [6, 6.07) is 16.7. The van der Waals surface area contributed by atoms with Gasteiger partial charge in [0.15, 0.2) is 23.0 Å². The maximum absolute atomic E-state index is 13.3. The number of hydrogen-bond donors (Lipinski definition) is 2. The molecule has 3 aliphatic rings. The number of rotatable bonds is 6. The van der Waals surface area contributed by atoms with Crippen molar-refractivity contribution in [3.8, 4) is 34.8 Å². The van der Waals surface area contributed by atoms with Gasteiger partial charge in [0.25, 0.3) is 0 Å². The van der Waals surface area contributed by atoms with Gasteiger partial charge >= 0.3 is 5.97 Å². The number of cyclic esters (lactones) is 1. The molecule has 0 radical (unpaired) electrons. The quantitative estimate of drug-likeness (QED) is 0.474. The molecule has 2 heterocycles. The van der Waals surface area contributed by atoms with Crippen LogP contribution in [0.2, 0.25) is 0 Å². The van der Waals surface area contributed by atoms with Gasteiger partial charge in [0, 0.05) is 24.4 Å². The van der Waals surface area contributed by atoms with Crippen LogP contribution in [0.1, 0.15) is 39.8 Å². The number of benzene rings is 3. The van der Waals surface area contributed by atoms with E-state index in [1.54, 1.807) is 24.3 Å². The second-order valence-electron chi connectivity index (χ2n) is 9.57. The molecule has 0 spiro atoms. The Morgan fingerprint density at radius 2 is 1.66 bits per heavy atom. The zero-order valence-corrected chi connectivity index (χ0v) is 20.9. The first-order chi connectivity index (χ1) is 18.5. The van der Waals surface area contributed by atoms with E-state index in [4.69, 9.17) is 28.9 Å². The summed E-state index contributed by atoms with van der Waals surface area (Å²) in [7, 11) is 2.95. The number of methoxy groups -OCH3 is 2. The molecule has 6 rings (SSSR count). The highest BCUT2D eigenvalue weighted by atomic mass is 16.7. The lowest BCUT2D eigenvalue weighted by Gasteiger charge is -2.39. The molecule has 38 heavy (non-hydrogen) atoms. The summed E-state index contributed by atoms with van der Waals surface area (Å²) in [5.41, 5.74) is 4.26. The lowest BCUT2D eigenvalue weighted by Crippen LogP contribution is -2.40. The minimum atomic E-state index is -0.486. The molecule has 1 unspecified atom stereocenters. The van der Waals surface area contributed by atoms with Gasteiger partial charge < -0.3 is 34.1 Å². The SMILES string of the molecule is COc1cc([C@@H]2c3cc4c(cc3[C@@H](NCc3ccc(C#N)cc3)C3COC(=O)[C@@H]32)OCO4)cc(OC)c1O. The van der Waals surface area contributed by atoms with Gasteiger partial charge in [-0.05, 0) is 58.7 Å². The Morgan fingerprint density at radius 3 is 2.29 bits per heavy atom. The third kappa shape index (κ3) is 3.85. The molecule has 1 fully saturated rings. The summed E-state index contributed by atoms with van der Waals surface area (Å²) in [6.07, 6.45) is 0. The Labute approximate surface area is 219 Å². The first kappa shape index (κ1) is 23.9. The van der Waals surface area contributed by atoms with Gasteiger partial charge in [0.2, 0.25) is 12.5 Å². The first-order valence-corrected chi connectivity index (χ1v) is 12.3. The summed E-state index contributed by atoms with van der Waals surface area (Å²) >= 11 is 0. The number of fused-ring (bicyclic) bond motifs is 3. The van der Waals surface area contributed by atoms with E-state index in [0.717, 1.165) is 22.3 Å². The highest BCUT2D eigenvalue weighted by Gasteiger charge is 2.52. The molecule has 0 aromatic heterocycles. The Morgan fingerprint density at radius 1 is 1.00 bits per heavy atom. The topological polar surface area (TPSA) is 119 Å². The molecule has 3 aromatic rings. The van der Waals surface area contributed by atoms with Crippen molar-refractivity contribution >= 4 is 5.97 Å². The average molecular weight is 515 g/mol. The molecule has 0 amide bonds. The third-order valence-corrected chi connectivity index (χ3v) is 7.66. The van der Waals surface area contributed by atoms with Crippen molar-refractivity contribution in [1.82, 2.24) is 5.32 Å². The maximum Gasteiger partial charge on any atom is 0.310 e. The molecule has 2 aliphatic heterocycles. The second kappa shape index (κ2) is 9.47. The first-order valence-electron chi connectivity index (χ1n) is 12.3. The Balaban J connectivity index is 1.47. The second-order valence-corrected chi connectivity index (χ2v) is 9.57. The fourth-order valence-electron chi connectivity index (χ4n) is 5.84. The number of hydrogen-bond acceptors (Lipinski definition) is 9. The van der Waals surface area contributed by atoms with Gasteiger partial charge in [0.05, 0.1) is 38.4 Å². The number of nitriles is 1. The molecule has 1 saturated heterocycles. The highest BCUT2D eigenvalue weighted by molar-refractivity contribution is 5.79. The maximum atomic E-state index is 13.3. The van der Waals surface area contributed by atoms with Gasteiger partial charge in [0.1, 0.15) is 0 Å². The van der Waals surface area contributed by atoms with E-state index < -0.39 is 11.8 Å². The molecule has 0 bridgehead atoms. The molecule has 1 aliphatic carbocycles. The molecule has 194 valence electrons. The number of phenolic OH excluding ortho intramolecular Hbond substituents is 1. The van der Waals surface area contributed by atoms with Crippen LogP contribution >= 0.6 is 0 Å². The van der Waals surface area contributed by atoms with Crippen LogP contribution in [0.15, 0.2) is 48.5 Å². The fourth-order valence-corrected chi connectivity index (χ4v) is 5.84. The van der Waals surface area contributed by atoms with Crippen molar-refractivity contribution in [1.29, 1.82) is 5.26 Å². The van der Waals surface area contributed by atoms with E-state index in [2.05, 4.69) is 11.4 Å². The fraction of sp³-hybridized carbons (Fsp3) is 0.310. The summed E-state index contributed by atoms with van der Waals surface area (Å²) in [6.45, 7) is 0.931. The van der Waals surface area contributed by atoms with Crippen LogP contribution in [0.3, 0.4) is 0 Å². The molecule has 0 saturated carbocycles. The zero-order chi connectivity index (χ0) is 26.4. The number of aromatic hydroxyl groups is 1. The van der Waals surface area contributed by atoms with Crippen LogP contribution in [0.4, 0.5) is 0 Å². The number of nitrogens with zero attached hydrogens (tertiary/aromatic N) is 1. The monoisotopic (exact) mass is 514 g/mol. The van der Waals surface area contributed by atoms with Crippen molar-refractivity contribution in [2.45, 2.75) is 18.5 Å². The minimum absolute atomic E-state index is 0.104. The van der Waals surface area contributed by atoms with Crippen molar-refractivity contribution in [3.63, 3.8) is 0 Å². The number of nitrogens with one attached hydrogen (secondary N) is 1. The number of ether oxygens (including phenoxy) is 5. The number of carbonyl (C=O) groups excluding carboxylic acids is 1. The summed E-state index contributed by atoms with van der Waals surface area (Å²) in [5.74, 6) is 0.351. The lowest BCUT2D eigenvalue weighted by molar-refractivity contribution is -0.141. The standard InChI is InChI=1S/C29H26N2O7/c1-34-23-7-17(8-24(35-2)28(23)32)25-18-9-21-22(38-14-37-21)10-19(18)27(20-13-36-29(33)26(20)25)31-12-16-5-3-15(11-30)4-6-16/h3-10,20,25-27,31-32H,12-14H2,1-2H3/t20?,25-,26+,27-/m1/s1. The summed E-state index contributed by atoms with van der Waals surface area (Å²) in [4.78, 5) is 13.3. The van der Waals surface area contributed by atoms with Crippen LogP contribution < -0.4 is 24.3 Å². The highest BCUT2D eigenvalue weighted by Crippen LogP contribution is 2.55. The Bertz CT molecular complexity index is 1420. The normalized spacial score (nSPS) is 22.7. The minimum Gasteiger partial charge on any atom is -0.502 e. The van der Waals surface area contributed by atoms with Gasteiger partial charge in [-0.3, -0.25) is 4.79 Å². The zero-order valence-electron chi connectivity index (χ0n) is 20.9. The van der Waals surface area contributed by atoms with E-state index in [-0.39, 0.29) is 48.6 Å². The largest absolute Gasteiger partial charge is 0.502 e. The molecular weight excluding hydrogens is 488 g/mol. The van der Waals surface area contributed by atoms with E-state index in [0.29, 0.717) is 23.6 Å². The van der Waals surface area contributed by atoms with Crippen molar-refractivity contribution in [3.05, 3.63) is 76.3 Å². The van der Waals surface area contributed by atoms with E-state index in [9.17, 15) is 9.90 Å². The van der Waals surface area contributed by atoms with E-state index in [1.165, 1.54) is 14.2 Å². The van der Waals surface area contributed by atoms with E-state index >= 15 is 0 Å². The number of esters is 1. The van der Waals surface area contributed by atoms with Crippen LogP contribution in [0.5, 0.6) is 28.7 Å². The average Bonchev–Trinajstić information content (AvgIpc) is 3.56. The molecule has 3 aromatic carbocycles. The van der Waals surface area contributed by atoms with Crippen LogP contribution in [0, 0.1) is 23.2 Å². The Kier molecular flexibility index (Phi) is 5.97. The van der Waals surface area contributed by atoms with E-state index in [1.807, 2.05) is 24.3 Å². The van der Waals surface area contributed by atoms with Crippen molar-refractivity contribution in [2.75, 3.05) is 27.6 Å². The smallest absolute Gasteiger partial charge is 0.310 e. The number of phenols is 1. The molecular formula is C29H26N2O7. The molecule has 2 N–H and O–H groups in total.